The summed E-state index contributed by atoms with van der Waals surface area (Å²) >= 11 is 6.73. The number of ether oxygens (including phenoxy) is 2. The van der Waals surface area contributed by atoms with Gasteiger partial charge >= 0.3 is 5.97 Å². The molecule has 5 rings (SSSR count). The molecule has 2 aromatic heterocycles. The highest BCUT2D eigenvalue weighted by atomic mass is 35.5. The first kappa shape index (κ1) is 25.5. The highest BCUT2D eigenvalue weighted by molar-refractivity contribution is 6.33. The maximum absolute atomic E-state index is 11.1. The molecule has 0 radical (unpaired) electrons. The fraction of sp³-hybridized carbons (Fsp3) is 0.321. The normalized spacial score (nSPS) is 14.6. The third-order valence-corrected chi connectivity index (χ3v) is 7.00. The van der Waals surface area contributed by atoms with Crippen molar-refractivity contribution in [3.8, 4) is 29.1 Å². The molecular weight excluding hydrogens is 506 g/mol. The van der Waals surface area contributed by atoms with Gasteiger partial charge < -0.3 is 19.1 Å². The van der Waals surface area contributed by atoms with Gasteiger partial charge in [0.1, 0.15) is 23.5 Å². The molecule has 0 spiro atoms. The molecule has 2 aromatic carbocycles. The van der Waals surface area contributed by atoms with Gasteiger partial charge in [-0.05, 0) is 56.0 Å². The van der Waals surface area contributed by atoms with Crippen molar-refractivity contribution in [2.75, 3.05) is 6.61 Å². The highest BCUT2D eigenvalue weighted by Gasteiger charge is 2.41. The molecule has 0 bridgehead atoms. The van der Waals surface area contributed by atoms with Gasteiger partial charge in [0.25, 0.3) is 0 Å². The van der Waals surface area contributed by atoms with Crippen molar-refractivity contribution in [1.29, 1.82) is 5.26 Å². The van der Waals surface area contributed by atoms with Gasteiger partial charge in [0.2, 0.25) is 5.88 Å². The van der Waals surface area contributed by atoms with E-state index in [0.29, 0.717) is 57.7 Å². The van der Waals surface area contributed by atoms with Crippen LogP contribution >= 0.6 is 11.6 Å². The number of fused-ring (bicyclic) bond motifs is 1. The predicted octanol–water partition coefficient (Wildman–Crippen LogP) is 5.49. The highest BCUT2D eigenvalue weighted by Crippen LogP contribution is 2.41. The minimum Gasteiger partial charge on any atom is -0.494 e. The van der Waals surface area contributed by atoms with Crippen LogP contribution in [-0.2, 0) is 11.3 Å². The van der Waals surface area contributed by atoms with Crippen LogP contribution in [0.4, 0.5) is 0 Å². The van der Waals surface area contributed by atoms with E-state index in [1.54, 1.807) is 25.1 Å². The van der Waals surface area contributed by atoms with E-state index in [2.05, 4.69) is 16.0 Å². The first-order valence-corrected chi connectivity index (χ1v) is 12.7. The fourth-order valence-electron chi connectivity index (χ4n) is 4.04. The number of imidazole rings is 1. The molecule has 0 amide bonds. The molecule has 10 heteroatoms. The van der Waals surface area contributed by atoms with Crippen LogP contribution in [0.15, 0.2) is 48.8 Å². The smallest absolute Gasteiger partial charge is 0.306 e. The second-order valence-electron chi connectivity index (χ2n) is 9.71. The van der Waals surface area contributed by atoms with Crippen LogP contribution in [0.2, 0.25) is 5.02 Å². The molecule has 194 valence electrons. The Morgan fingerprint density at radius 2 is 2.05 bits per heavy atom. The number of nitriles is 1. The fourth-order valence-corrected chi connectivity index (χ4v) is 4.29. The van der Waals surface area contributed by atoms with Crippen molar-refractivity contribution in [3.05, 3.63) is 64.9 Å². The van der Waals surface area contributed by atoms with Gasteiger partial charge in [0.05, 0.1) is 35.7 Å². The number of carbonyl (C=O) groups is 1. The number of nitrogens with zero attached hydrogens (tertiary/aromatic N) is 5. The average molecular weight is 532 g/mol. The number of hydrogen-bond acceptors (Lipinski definition) is 7. The Labute approximate surface area is 224 Å². The van der Waals surface area contributed by atoms with E-state index in [4.69, 9.17) is 31.2 Å². The van der Waals surface area contributed by atoms with Crippen LogP contribution in [0.5, 0.6) is 11.6 Å². The molecule has 1 saturated carbocycles. The lowest BCUT2D eigenvalue weighted by Crippen LogP contribution is -2.13. The van der Waals surface area contributed by atoms with Gasteiger partial charge in [-0.2, -0.15) is 10.2 Å². The van der Waals surface area contributed by atoms with Gasteiger partial charge in [-0.1, -0.05) is 36.7 Å². The van der Waals surface area contributed by atoms with Gasteiger partial charge in [0.15, 0.2) is 11.2 Å². The molecule has 1 fully saturated rings. The number of halogens is 1. The zero-order valence-electron chi connectivity index (χ0n) is 21.0. The van der Waals surface area contributed by atoms with E-state index in [1.165, 1.54) is 6.33 Å². The Kier molecular flexibility index (Phi) is 6.91. The van der Waals surface area contributed by atoms with Crippen LogP contribution in [0.25, 0.3) is 22.6 Å². The lowest BCUT2D eigenvalue weighted by molar-refractivity contribution is -0.141. The molecule has 38 heavy (non-hydrogen) atoms. The molecule has 4 aromatic rings. The topological polar surface area (TPSA) is 123 Å². The number of benzene rings is 2. The van der Waals surface area contributed by atoms with Crippen molar-refractivity contribution in [3.63, 3.8) is 0 Å². The van der Waals surface area contributed by atoms with Crippen LogP contribution in [0, 0.1) is 17.2 Å². The van der Waals surface area contributed by atoms with E-state index < -0.39 is 11.9 Å². The van der Waals surface area contributed by atoms with Crippen LogP contribution < -0.4 is 9.47 Å². The molecule has 1 aliphatic carbocycles. The number of carboxylic acid groups (broad SMARTS) is 1. The molecule has 0 saturated heterocycles. The average Bonchev–Trinajstić information content (AvgIpc) is 3.52. The van der Waals surface area contributed by atoms with E-state index in [9.17, 15) is 10.1 Å². The lowest BCUT2D eigenvalue weighted by Gasteiger charge is -2.13. The molecule has 9 nitrogen and oxygen atoms in total. The quantitative estimate of drug-likeness (QED) is 0.285. The van der Waals surface area contributed by atoms with Crippen LogP contribution in [0.1, 0.15) is 44.2 Å². The maximum Gasteiger partial charge on any atom is 0.306 e. The monoisotopic (exact) mass is 531 g/mol. The van der Waals surface area contributed by atoms with Gasteiger partial charge in [0, 0.05) is 5.56 Å². The van der Waals surface area contributed by atoms with Crippen LogP contribution in [0.3, 0.4) is 0 Å². The Morgan fingerprint density at radius 3 is 2.76 bits per heavy atom. The van der Waals surface area contributed by atoms with E-state index in [1.807, 2.05) is 35.8 Å². The third kappa shape index (κ3) is 5.27. The summed E-state index contributed by atoms with van der Waals surface area (Å²) < 4.78 is 13.8. The van der Waals surface area contributed by atoms with Crippen molar-refractivity contribution in [2.24, 2.45) is 5.92 Å². The van der Waals surface area contributed by atoms with Crippen molar-refractivity contribution < 1.29 is 19.4 Å². The summed E-state index contributed by atoms with van der Waals surface area (Å²) in [5.74, 6) is 0.124. The first-order valence-electron chi connectivity index (χ1n) is 12.3. The lowest BCUT2D eigenvalue weighted by atomic mass is 10.1. The standard InChI is InChI=1S/C28H26ClN5O4/c1-17(27(35)36)9-12-37-20-7-8-21(22(29)13-20)24-33-23-25(31-16-32-26(23)38-28(2)10-11-28)34(24)15-19-6-4-3-5-18(19)14-30/h3-8,13,16-17H,9-12,15H2,1-2H3,(H,35,36)/t17-/m0/s1. The Hall–Kier alpha value is -4.16. The predicted molar refractivity (Wildman–Crippen MR) is 141 cm³/mol. The summed E-state index contributed by atoms with van der Waals surface area (Å²) in [7, 11) is 0. The van der Waals surface area contributed by atoms with E-state index in [0.717, 1.165) is 18.4 Å². The molecule has 1 aliphatic rings. The maximum atomic E-state index is 11.1. The van der Waals surface area contributed by atoms with Crippen molar-refractivity contribution in [1.82, 2.24) is 19.5 Å². The number of carboxylic acids is 1. The zero-order chi connectivity index (χ0) is 26.9. The van der Waals surface area contributed by atoms with Gasteiger partial charge in [-0.25, -0.2) is 9.97 Å². The third-order valence-electron chi connectivity index (χ3n) is 6.68. The Morgan fingerprint density at radius 1 is 1.26 bits per heavy atom. The second-order valence-corrected chi connectivity index (χ2v) is 10.1. The summed E-state index contributed by atoms with van der Waals surface area (Å²) in [6, 6.07) is 14.9. The van der Waals surface area contributed by atoms with Gasteiger partial charge in [-0.3, -0.25) is 4.79 Å². The Bertz CT molecular complexity index is 1560. The number of aliphatic carboxylic acids is 1. The number of rotatable bonds is 10. The summed E-state index contributed by atoms with van der Waals surface area (Å²) in [4.78, 5) is 24.8. The largest absolute Gasteiger partial charge is 0.494 e. The minimum absolute atomic E-state index is 0.252. The molecule has 1 atom stereocenters. The molecule has 2 heterocycles. The molecule has 0 unspecified atom stereocenters. The van der Waals surface area contributed by atoms with E-state index in [-0.39, 0.29) is 12.2 Å². The summed E-state index contributed by atoms with van der Waals surface area (Å²) in [5, 5.41) is 19.1. The van der Waals surface area contributed by atoms with Crippen LogP contribution in [-0.4, -0.2) is 42.8 Å². The SMILES string of the molecule is C[C@@H](CCOc1ccc(-c2nc3c(OC4(C)CC4)ncnc3n2Cc2ccccc2C#N)c(Cl)c1)C(=O)O. The minimum atomic E-state index is -0.860. The molecule has 1 N–H and O–H groups in total. The number of aromatic nitrogens is 4. The van der Waals surface area contributed by atoms with Gasteiger partial charge in [-0.15, -0.1) is 0 Å². The van der Waals surface area contributed by atoms with Crippen molar-refractivity contribution >= 4 is 28.7 Å². The van der Waals surface area contributed by atoms with E-state index >= 15 is 0 Å². The second kappa shape index (κ2) is 10.3. The molecular formula is C28H26ClN5O4. The molecule has 0 aliphatic heterocycles. The summed E-state index contributed by atoms with van der Waals surface area (Å²) in [6.45, 7) is 4.27. The number of hydrogen-bond donors (Lipinski definition) is 1. The summed E-state index contributed by atoms with van der Waals surface area (Å²) in [6.07, 6.45) is 3.72. The first-order chi connectivity index (χ1) is 18.3. The van der Waals surface area contributed by atoms with Crippen molar-refractivity contribution in [2.45, 2.75) is 45.3 Å². The summed E-state index contributed by atoms with van der Waals surface area (Å²) in [5.41, 5.74) is 2.85. The Balaban J connectivity index is 1.54. The zero-order valence-corrected chi connectivity index (χ0v) is 21.8.